The molecule has 2 aliphatic rings. The van der Waals surface area contributed by atoms with Crippen LogP contribution in [0.3, 0.4) is 0 Å². The van der Waals surface area contributed by atoms with Crippen molar-refractivity contribution in [1.82, 2.24) is 19.2 Å². The minimum atomic E-state index is -1.48. The smallest absolute Gasteiger partial charge is 0.228 e. The van der Waals surface area contributed by atoms with E-state index in [1.807, 2.05) is 24.5 Å². The molecular formula is C26H27ClN6O3S. The number of likely N-dealkylation sites (tertiary alicyclic amines) is 1. The standard InChI is InChI=1S/C26H27ClN6O3S/c1-32-10-9-20(14-32)33(2)37(36)23(15-34)16-3-6-19(7-4-16)29-26-28-13-17-11-24(35)30-22-12-18(27)5-8-21(22)25(17)31-26/h3-8,12-13,15,20,23H,9-11,14H2,1-2H3,(H,30,35)(H,28,29,31). The summed E-state index contributed by atoms with van der Waals surface area (Å²) in [6.07, 6.45) is 3.48. The number of amides is 1. The number of carbonyl (C=O) groups is 2. The molecule has 0 radical (unpaired) electrons. The second-order valence-electron chi connectivity index (χ2n) is 9.31. The Labute approximate surface area is 222 Å². The van der Waals surface area contributed by atoms with E-state index in [0.717, 1.165) is 31.4 Å². The third-order valence-electron chi connectivity index (χ3n) is 6.73. The number of anilines is 3. The van der Waals surface area contributed by atoms with Crippen LogP contribution in [0.15, 0.2) is 48.7 Å². The molecule has 3 heterocycles. The van der Waals surface area contributed by atoms with Gasteiger partial charge >= 0.3 is 0 Å². The monoisotopic (exact) mass is 538 g/mol. The van der Waals surface area contributed by atoms with Crippen LogP contribution in [0.25, 0.3) is 11.3 Å². The van der Waals surface area contributed by atoms with Crippen LogP contribution in [0.1, 0.15) is 22.8 Å². The summed E-state index contributed by atoms with van der Waals surface area (Å²) < 4.78 is 15.0. The number of aldehydes is 1. The van der Waals surface area contributed by atoms with Gasteiger partial charge in [0.05, 0.1) is 17.8 Å². The lowest BCUT2D eigenvalue weighted by molar-refractivity contribution is -0.115. The molecular weight excluding hydrogens is 512 g/mol. The third kappa shape index (κ3) is 5.42. The molecule has 2 N–H and O–H groups in total. The maximum atomic E-state index is 13.2. The molecule has 3 aromatic rings. The number of carbonyl (C=O) groups excluding carboxylic acids is 2. The summed E-state index contributed by atoms with van der Waals surface area (Å²) in [5.41, 5.74) is 4.12. The molecule has 0 spiro atoms. The summed E-state index contributed by atoms with van der Waals surface area (Å²) >= 11 is 6.12. The van der Waals surface area contributed by atoms with Crippen molar-refractivity contribution in [1.29, 1.82) is 0 Å². The number of halogens is 1. The van der Waals surface area contributed by atoms with E-state index in [-0.39, 0.29) is 18.4 Å². The summed E-state index contributed by atoms with van der Waals surface area (Å²) in [5, 5.41) is 5.82. The van der Waals surface area contributed by atoms with Gasteiger partial charge in [0.15, 0.2) is 0 Å². The van der Waals surface area contributed by atoms with Gasteiger partial charge in [0.1, 0.15) is 22.5 Å². The molecule has 3 unspecified atom stereocenters. The molecule has 1 saturated heterocycles. The Morgan fingerprint density at radius 2 is 2.05 bits per heavy atom. The van der Waals surface area contributed by atoms with Gasteiger partial charge in [-0.2, -0.15) is 0 Å². The molecule has 3 atom stereocenters. The van der Waals surface area contributed by atoms with Gasteiger partial charge in [-0.05, 0) is 55.9 Å². The predicted octanol–water partition coefficient (Wildman–Crippen LogP) is 3.57. The minimum Gasteiger partial charge on any atom is -0.325 e. The average molecular weight is 539 g/mol. The van der Waals surface area contributed by atoms with Crippen molar-refractivity contribution in [2.45, 2.75) is 24.1 Å². The third-order valence-corrected chi connectivity index (χ3v) is 8.65. The van der Waals surface area contributed by atoms with Crippen molar-refractivity contribution in [2.75, 3.05) is 37.8 Å². The number of hydrogen-bond acceptors (Lipinski definition) is 7. The van der Waals surface area contributed by atoms with E-state index in [1.54, 1.807) is 42.6 Å². The Balaban J connectivity index is 1.34. The zero-order valence-corrected chi connectivity index (χ0v) is 22.1. The van der Waals surface area contributed by atoms with Crippen LogP contribution in [0.2, 0.25) is 5.02 Å². The fourth-order valence-corrected chi connectivity index (χ4v) is 6.17. The highest BCUT2D eigenvalue weighted by Gasteiger charge is 2.31. The number of fused-ring (bicyclic) bond motifs is 3. The van der Waals surface area contributed by atoms with Crippen molar-refractivity contribution in [3.63, 3.8) is 0 Å². The number of nitrogens with one attached hydrogen (secondary N) is 2. The normalized spacial score (nSPS) is 18.9. The van der Waals surface area contributed by atoms with Crippen molar-refractivity contribution in [2.24, 2.45) is 0 Å². The topological polar surface area (TPSA) is 108 Å². The van der Waals surface area contributed by atoms with Crippen LogP contribution >= 0.6 is 11.6 Å². The molecule has 1 aromatic heterocycles. The molecule has 11 heteroatoms. The minimum absolute atomic E-state index is 0.158. The Bertz CT molecular complexity index is 1370. The zero-order valence-electron chi connectivity index (χ0n) is 20.5. The van der Waals surface area contributed by atoms with Crippen LogP contribution in [-0.4, -0.2) is 68.8 Å². The van der Waals surface area contributed by atoms with Crippen LogP contribution in [0.5, 0.6) is 0 Å². The molecule has 0 bridgehead atoms. The largest absolute Gasteiger partial charge is 0.325 e. The number of aromatic nitrogens is 2. The van der Waals surface area contributed by atoms with Crippen molar-refractivity contribution in [3.8, 4) is 11.3 Å². The fraction of sp³-hybridized carbons (Fsp3) is 0.308. The molecule has 2 aromatic carbocycles. The van der Waals surface area contributed by atoms with Gasteiger partial charge in [-0.3, -0.25) is 4.79 Å². The van der Waals surface area contributed by atoms with E-state index < -0.39 is 16.2 Å². The SMILES string of the molecule is CN1CCC(N(C)S(=O)C(C=O)c2ccc(Nc3ncc4c(n3)-c3ccc(Cl)cc3NC(=O)C4)cc2)C1. The molecule has 1 amide bonds. The number of nitrogens with zero attached hydrogens (tertiary/aromatic N) is 4. The highest BCUT2D eigenvalue weighted by Crippen LogP contribution is 2.35. The lowest BCUT2D eigenvalue weighted by atomic mass is 10.1. The summed E-state index contributed by atoms with van der Waals surface area (Å²) in [6, 6.07) is 12.6. The second kappa shape index (κ2) is 10.7. The Morgan fingerprint density at radius 3 is 2.76 bits per heavy atom. The van der Waals surface area contributed by atoms with Gasteiger partial charge < -0.3 is 20.3 Å². The Kier molecular flexibility index (Phi) is 7.34. The van der Waals surface area contributed by atoms with Crippen LogP contribution in [0, 0.1) is 0 Å². The highest BCUT2D eigenvalue weighted by molar-refractivity contribution is 7.83. The number of rotatable bonds is 7. The number of benzene rings is 2. The summed E-state index contributed by atoms with van der Waals surface area (Å²) in [4.78, 5) is 35.5. The quantitative estimate of drug-likeness (QED) is 0.443. The van der Waals surface area contributed by atoms with Gasteiger partial charge in [0, 0.05) is 47.7 Å². The second-order valence-corrected chi connectivity index (χ2v) is 11.4. The Hall–Kier alpha value is -3.18. The lowest BCUT2D eigenvalue weighted by Gasteiger charge is -2.25. The first-order valence-electron chi connectivity index (χ1n) is 11.9. The first kappa shape index (κ1) is 25.5. The first-order valence-corrected chi connectivity index (χ1v) is 13.5. The van der Waals surface area contributed by atoms with Gasteiger partial charge in [0.2, 0.25) is 11.9 Å². The van der Waals surface area contributed by atoms with Crippen LogP contribution < -0.4 is 10.6 Å². The van der Waals surface area contributed by atoms with Gasteiger partial charge in [-0.25, -0.2) is 18.5 Å². The van der Waals surface area contributed by atoms with Crippen LogP contribution in [0.4, 0.5) is 17.3 Å². The molecule has 2 aliphatic heterocycles. The average Bonchev–Trinajstić information content (AvgIpc) is 3.26. The maximum Gasteiger partial charge on any atom is 0.228 e. The van der Waals surface area contributed by atoms with E-state index >= 15 is 0 Å². The van der Waals surface area contributed by atoms with Crippen molar-refractivity contribution < 1.29 is 13.8 Å². The van der Waals surface area contributed by atoms with Gasteiger partial charge in [-0.15, -0.1) is 0 Å². The van der Waals surface area contributed by atoms with Gasteiger partial charge in [-0.1, -0.05) is 23.7 Å². The predicted molar refractivity (Wildman–Crippen MR) is 145 cm³/mol. The first-order chi connectivity index (χ1) is 17.8. The van der Waals surface area contributed by atoms with Crippen LogP contribution in [-0.2, 0) is 27.0 Å². The highest BCUT2D eigenvalue weighted by atomic mass is 35.5. The van der Waals surface area contributed by atoms with Crippen molar-refractivity contribution >= 4 is 52.1 Å². The molecule has 9 nitrogen and oxygen atoms in total. The molecule has 5 rings (SSSR count). The Morgan fingerprint density at radius 1 is 1.27 bits per heavy atom. The molecule has 0 aliphatic carbocycles. The van der Waals surface area contributed by atoms with E-state index in [4.69, 9.17) is 11.6 Å². The lowest BCUT2D eigenvalue weighted by Crippen LogP contribution is -2.37. The van der Waals surface area contributed by atoms with Gasteiger partial charge in [0.25, 0.3) is 0 Å². The van der Waals surface area contributed by atoms with E-state index in [9.17, 15) is 13.8 Å². The molecule has 0 saturated carbocycles. The molecule has 37 heavy (non-hydrogen) atoms. The van der Waals surface area contributed by atoms with E-state index in [1.165, 1.54) is 0 Å². The summed E-state index contributed by atoms with van der Waals surface area (Å²) in [6.45, 7) is 1.79. The van der Waals surface area contributed by atoms with Crippen molar-refractivity contribution in [3.05, 3.63) is 64.8 Å². The summed E-state index contributed by atoms with van der Waals surface area (Å²) in [7, 11) is 2.38. The maximum absolute atomic E-state index is 13.2. The number of hydrogen-bond donors (Lipinski definition) is 2. The van der Waals surface area contributed by atoms with E-state index in [2.05, 4.69) is 25.5 Å². The number of likely N-dealkylation sites (N-methyl/N-ethyl adjacent to an activating group) is 2. The zero-order chi connectivity index (χ0) is 26.1. The van der Waals surface area contributed by atoms with E-state index in [0.29, 0.717) is 39.2 Å². The summed E-state index contributed by atoms with van der Waals surface area (Å²) in [5.74, 6) is 0.206. The molecule has 192 valence electrons. The fourth-order valence-electron chi connectivity index (χ4n) is 4.69. The molecule has 1 fully saturated rings.